The van der Waals surface area contributed by atoms with Crippen molar-refractivity contribution >= 4 is 11.5 Å². The number of nitrogens with zero attached hydrogens (tertiary/aromatic N) is 3. The van der Waals surface area contributed by atoms with E-state index in [1.807, 2.05) is 18.5 Å². The molecule has 0 spiro atoms. The van der Waals surface area contributed by atoms with Gasteiger partial charge in [-0.05, 0) is 36.6 Å². The largest absolute Gasteiger partial charge is 0.481 e. The summed E-state index contributed by atoms with van der Waals surface area (Å²) in [5, 5.41) is 0. The van der Waals surface area contributed by atoms with Crippen molar-refractivity contribution in [3.63, 3.8) is 0 Å². The van der Waals surface area contributed by atoms with Crippen LogP contribution in [-0.4, -0.2) is 23.6 Å². The van der Waals surface area contributed by atoms with E-state index in [-0.39, 0.29) is 0 Å². The average molecular weight is 270 g/mol. The highest BCUT2D eigenvalue weighted by Gasteiger charge is 2.28. The van der Waals surface area contributed by atoms with Crippen molar-refractivity contribution in [2.45, 2.75) is 18.9 Å². The van der Waals surface area contributed by atoms with Crippen LogP contribution < -0.4 is 15.4 Å². The Morgan fingerprint density at radius 1 is 1.25 bits per heavy atom. The van der Waals surface area contributed by atoms with Crippen LogP contribution in [0.2, 0.25) is 0 Å². The molecular formula is C15H18N4O. The minimum absolute atomic E-state index is 0.305. The van der Waals surface area contributed by atoms with E-state index in [2.05, 4.69) is 27.0 Å². The Bertz CT molecular complexity index is 588. The number of nitrogen functional groups attached to an aromatic ring is 1. The highest BCUT2D eigenvalue weighted by Crippen LogP contribution is 2.38. The molecular weight excluding hydrogens is 252 g/mol. The monoisotopic (exact) mass is 270 g/mol. The van der Waals surface area contributed by atoms with E-state index in [0.717, 1.165) is 25.2 Å². The van der Waals surface area contributed by atoms with Crippen LogP contribution in [0.1, 0.15) is 24.4 Å². The third kappa shape index (κ3) is 2.27. The second-order valence-corrected chi connectivity index (χ2v) is 4.90. The van der Waals surface area contributed by atoms with Gasteiger partial charge in [-0.3, -0.25) is 4.98 Å². The van der Waals surface area contributed by atoms with Gasteiger partial charge in [-0.1, -0.05) is 0 Å². The summed E-state index contributed by atoms with van der Waals surface area (Å²) >= 11 is 0. The maximum Gasteiger partial charge on any atom is 0.215 e. The van der Waals surface area contributed by atoms with Gasteiger partial charge in [0.05, 0.1) is 18.8 Å². The van der Waals surface area contributed by atoms with E-state index in [4.69, 9.17) is 10.5 Å². The van der Waals surface area contributed by atoms with Crippen LogP contribution in [0.3, 0.4) is 0 Å². The normalized spacial score (nSPS) is 18.2. The Kier molecular flexibility index (Phi) is 3.41. The van der Waals surface area contributed by atoms with Gasteiger partial charge < -0.3 is 15.4 Å². The van der Waals surface area contributed by atoms with Gasteiger partial charge in [-0.2, -0.15) is 4.98 Å². The van der Waals surface area contributed by atoms with Crippen molar-refractivity contribution in [3.05, 3.63) is 42.2 Å². The summed E-state index contributed by atoms with van der Waals surface area (Å²) in [5.41, 5.74) is 8.03. The molecule has 5 nitrogen and oxygen atoms in total. The number of methoxy groups -OCH3 is 1. The molecule has 2 aromatic heterocycles. The third-order valence-corrected chi connectivity index (χ3v) is 3.70. The molecule has 2 N–H and O–H groups in total. The number of nitrogens with two attached hydrogens (primary N) is 1. The van der Waals surface area contributed by atoms with Crippen LogP contribution in [0.15, 0.2) is 36.7 Å². The number of pyridine rings is 2. The molecule has 0 saturated carbocycles. The highest BCUT2D eigenvalue weighted by atomic mass is 16.5. The van der Waals surface area contributed by atoms with Gasteiger partial charge in [0.1, 0.15) is 0 Å². The maximum absolute atomic E-state index is 6.09. The first kappa shape index (κ1) is 12.7. The molecule has 104 valence electrons. The summed E-state index contributed by atoms with van der Waals surface area (Å²) in [6.07, 6.45) is 5.88. The highest BCUT2D eigenvalue weighted by molar-refractivity contribution is 5.65. The lowest BCUT2D eigenvalue weighted by Crippen LogP contribution is -2.24. The summed E-state index contributed by atoms with van der Waals surface area (Å²) in [6, 6.07) is 8.05. The van der Waals surface area contributed by atoms with E-state index < -0.39 is 0 Å². The molecule has 3 rings (SSSR count). The molecule has 0 amide bonds. The number of hydrogen-bond donors (Lipinski definition) is 1. The van der Waals surface area contributed by atoms with E-state index in [9.17, 15) is 0 Å². The lowest BCUT2D eigenvalue weighted by atomic mass is 10.1. The number of hydrogen-bond acceptors (Lipinski definition) is 5. The molecule has 0 aromatic carbocycles. The van der Waals surface area contributed by atoms with E-state index in [1.54, 1.807) is 13.2 Å². The fourth-order valence-corrected chi connectivity index (χ4v) is 2.74. The zero-order valence-electron chi connectivity index (χ0n) is 11.5. The smallest absolute Gasteiger partial charge is 0.215 e. The predicted octanol–water partition coefficient (Wildman–Crippen LogP) is 2.41. The summed E-state index contributed by atoms with van der Waals surface area (Å²) in [4.78, 5) is 10.8. The zero-order chi connectivity index (χ0) is 13.9. The van der Waals surface area contributed by atoms with E-state index >= 15 is 0 Å². The maximum atomic E-state index is 6.09. The van der Waals surface area contributed by atoms with Gasteiger partial charge in [0.15, 0.2) is 5.82 Å². The molecule has 1 aliphatic heterocycles. The van der Waals surface area contributed by atoms with Crippen molar-refractivity contribution in [3.8, 4) is 5.88 Å². The minimum Gasteiger partial charge on any atom is -0.481 e. The molecule has 1 unspecified atom stereocenters. The van der Waals surface area contributed by atoms with Crippen LogP contribution in [0.25, 0.3) is 0 Å². The first-order valence-corrected chi connectivity index (χ1v) is 6.76. The fourth-order valence-electron chi connectivity index (χ4n) is 2.74. The third-order valence-electron chi connectivity index (χ3n) is 3.70. The van der Waals surface area contributed by atoms with Gasteiger partial charge in [-0.15, -0.1) is 0 Å². The Hall–Kier alpha value is -2.30. The topological polar surface area (TPSA) is 64.3 Å². The molecule has 2 aromatic rings. The van der Waals surface area contributed by atoms with Crippen molar-refractivity contribution in [1.29, 1.82) is 0 Å². The molecule has 0 bridgehead atoms. The van der Waals surface area contributed by atoms with Crippen LogP contribution >= 0.6 is 0 Å². The number of aromatic nitrogens is 2. The predicted molar refractivity (Wildman–Crippen MR) is 78.8 cm³/mol. The Morgan fingerprint density at radius 3 is 2.80 bits per heavy atom. The van der Waals surface area contributed by atoms with Crippen molar-refractivity contribution < 1.29 is 4.74 Å². The number of ether oxygens (including phenoxy) is 1. The van der Waals surface area contributed by atoms with E-state index in [0.29, 0.717) is 17.6 Å². The van der Waals surface area contributed by atoms with Gasteiger partial charge in [0.2, 0.25) is 5.88 Å². The van der Waals surface area contributed by atoms with Gasteiger partial charge in [0, 0.05) is 25.0 Å². The van der Waals surface area contributed by atoms with Crippen LogP contribution in [0, 0.1) is 0 Å². The summed E-state index contributed by atoms with van der Waals surface area (Å²) < 4.78 is 5.21. The summed E-state index contributed by atoms with van der Waals surface area (Å²) in [7, 11) is 1.62. The van der Waals surface area contributed by atoms with Gasteiger partial charge in [-0.25, -0.2) is 0 Å². The van der Waals surface area contributed by atoms with Crippen LogP contribution in [0.5, 0.6) is 5.88 Å². The lowest BCUT2D eigenvalue weighted by molar-refractivity contribution is 0.398. The SMILES string of the molecule is COc1ccc(N)c(N2CCCC2c2ccncc2)n1. The molecule has 3 heterocycles. The lowest BCUT2D eigenvalue weighted by Gasteiger charge is -2.27. The molecule has 1 fully saturated rings. The van der Waals surface area contributed by atoms with Gasteiger partial charge >= 0.3 is 0 Å². The van der Waals surface area contributed by atoms with Gasteiger partial charge in [0.25, 0.3) is 0 Å². The molecule has 0 radical (unpaired) electrons. The standard InChI is InChI=1S/C15H18N4O/c1-20-14-5-4-12(16)15(18-14)19-10-2-3-13(19)11-6-8-17-9-7-11/h4-9,13H,2-3,10,16H2,1H3. The van der Waals surface area contributed by atoms with Crippen LogP contribution in [0.4, 0.5) is 11.5 Å². The first-order chi connectivity index (χ1) is 9.79. The van der Waals surface area contributed by atoms with Crippen molar-refractivity contribution in [2.24, 2.45) is 0 Å². The fraction of sp³-hybridized carbons (Fsp3) is 0.333. The molecule has 1 aliphatic rings. The quantitative estimate of drug-likeness (QED) is 0.927. The van der Waals surface area contributed by atoms with E-state index in [1.165, 1.54) is 5.56 Å². The number of rotatable bonds is 3. The molecule has 20 heavy (non-hydrogen) atoms. The molecule has 5 heteroatoms. The zero-order valence-corrected chi connectivity index (χ0v) is 11.5. The second-order valence-electron chi connectivity index (χ2n) is 4.90. The van der Waals surface area contributed by atoms with Crippen LogP contribution in [-0.2, 0) is 0 Å². The Balaban J connectivity index is 1.96. The molecule has 0 aliphatic carbocycles. The Morgan fingerprint density at radius 2 is 2.05 bits per heavy atom. The summed E-state index contributed by atoms with van der Waals surface area (Å²) in [5.74, 6) is 1.40. The van der Waals surface area contributed by atoms with Crippen molar-refractivity contribution in [2.75, 3.05) is 24.3 Å². The van der Waals surface area contributed by atoms with Crippen molar-refractivity contribution in [1.82, 2.24) is 9.97 Å². The second kappa shape index (κ2) is 5.36. The first-order valence-electron chi connectivity index (χ1n) is 6.76. The average Bonchev–Trinajstić information content (AvgIpc) is 2.98. The summed E-state index contributed by atoms with van der Waals surface area (Å²) in [6.45, 7) is 0.956. The Labute approximate surface area is 118 Å². The molecule has 1 saturated heterocycles. The minimum atomic E-state index is 0.305. The molecule has 1 atom stereocenters. The number of anilines is 2.